The Morgan fingerprint density at radius 3 is 2.43 bits per heavy atom. The fourth-order valence-electron chi connectivity index (χ4n) is 2.54. The molecule has 1 heterocycles. The highest BCUT2D eigenvalue weighted by Gasteiger charge is 2.15. The van der Waals surface area contributed by atoms with Crippen molar-refractivity contribution in [2.75, 3.05) is 24.1 Å². The number of ether oxygens (including phenoxy) is 1. The topological polar surface area (TPSA) is 119 Å². The number of carbonyl (C=O) groups excluding carboxylic acids is 2. The Morgan fingerprint density at radius 1 is 1.11 bits per heavy atom. The first kappa shape index (κ1) is 21.5. The molecule has 2 aromatic rings. The quantitative estimate of drug-likeness (QED) is 0.600. The second-order valence-electron chi connectivity index (χ2n) is 7.33. The summed E-state index contributed by atoms with van der Waals surface area (Å²) in [6, 6.07) is 6.94. The van der Waals surface area contributed by atoms with Gasteiger partial charge in [0.05, 0.1) is 17.5 Å². The Morgan fingerprint density at radius 2 is 1.79 bits per heavy atom. The number of benzene rings is 1. The summed E-state index contributed by atoms with van der Waals surface area (Å²) >= 11 is 0. The zero-order valence-corrected chi connectivity index (χ0v) is 17.2. The number of amides is 2. The van der Waals surface area contributed by atoms with Crippen molar-refractivity contribution in [1.82, 2.24) is 15.2 Å². The Labute approximate surface area is 164 Å². The van der Waals surface area contributed by atoms with Gasteiger partial charge in [-0.25, -0.2) is 13.2 Å². The summed E-state index contributed by atoms with van der Waals surface area (Å²) in [6.07, 6.45) is 2.27. The molecule has 0 saturated carbocycles. The number of sulfonamides is 1. The number of anilines is 1. The van der Waals surface area contributed by atoms with E-state index in [1.54, 1.807) is 55.8 Å². The van der Waals surface area contributed by atoms with Crippen LogP contribution in [0.1, 0.15) is 20.8 Å². The summed E-state index contributed by atoms with van der Waals surface area (Å²) in [5, 5.41) is 5.98. The maximum Gasteiger partial charge on any atom is 0.407 e. The standard InChI is InChI=1S/C18H26N4O5S/c1-18(2,3)27-17(24)20-10-9-19-16(23)12-22-11-8-13-14(21-28(4,25)26)6-5-7-15(13)22/h5-8,11,21H,9-10,12H2,1-4H3,(H,19,23)(H,20,24). The van der Waals surface area contributed by atoms with E-state index in [4.69, 9.17) is 4.74 Å². The van der Waals surface area contributed by atoms with Crippen molar-refractivity contribution in [2.24, 2.45) is 0 Å². The molecule has 0 bridgehead atoms. The molecular formula is C18H26N4O5S. The first-order chi connectivity index (χ1) is 12.9. The fourth-order valence-corrected chi connectivity index (χ4v) is 3.12. The molecule has 0 fully saturated rings. The molecule has 0 aliphatic heterocycles. The number of alkyl carbamates (subject to hydrolysis) is 1. The van der Waals surface area contributed by atoms with Crippen molar-refractivity contribution in [2.45, 2.75) is 32.9 Å². The SMILES string of the molecule is CC(C)(C)OC(=O)NCCNC(=O)Cn1ccc2c(NS(C)(=O)=O)cccc21. The van der Waals surface area contributed by atoms with Crippen molar-refractivity contribution in [3.63, 3.8) is 0 Å². The van der Waals surface area contributed by atoms with Crippen LogP contribution in [0.2, 0.25) is 0 Å². The van der Waals surface area contributed by atoms with Crippen LogP contribution < -0.4 is 15.4 Å². The van der Waals surface area contributed by atoms with Gasteiger partial charge in [0.1, 0.15) is 12.1 Å². The van der Waals surface area contributed by atoms with E-state index >= 15 is 0 Å². The van der Waals surface area contributed by atoms with E-state index in [1.807, 2.05) is 0 Å². The average molecular weight is 410 g/mol. The van der Waals surface area contributed by atoms with Gasteiger partial charge in [-0.05, 0) is 39.0 Å². The number of nitrogens with zero attached hydrogens (tertiary/aromatic N) is 1. The van der Waals surface area contributed by atoms with E-state index in [1.165, 1.54) is 0 Å². The van der Waals surface area contributed by atoms with Crippen molar-refractivity contribution in [3.05, 3.63) is 30.5 Å². The second kappa shape index (κ2) is 8.51. The van der Waals surface area contributed by atoms with Crippen LogP contribution in [-0.2, 0) is 26.1 Å². The highest BCUT2D eigenvalue weighted by Crippen LogP contribution is 2.25. The third-order valence-corrected chi connectivity index (χ3v) is 4.13. The molecule has 154 valence electrons. The minimum atomic E-state index is -3.40. The second-order valence-corrected chi connectivity index (χ2v) is 9.08. The predicted octanol–water partition coefficient (Wildman–Crippen LogP) is 1.65. The highest BCUT2D eigenvalue weighted by molar-refractivity contribution is 7.92. The van der Waals surface area contributed by atoms with Gasteiger partial charge in [-0.1, -0.05) is 6.07 Å². The Bertz CT molecular complexity index is 960. The van der Waals surface area contributed by atoms with Crippen LogP contribution in [-0.4, -0.2) is 49.9 Å². The van der Waals surface area contributed by atoms with Crippen molar-refractivity contribution < 1.29 is 22.7 Å². The monoisotopic (exact) mass is 410 g/mol. The number of rotatable bonds is 7. The van der Waals surface area contributed by atoms with Crippen molar-refractivity contribution in [1.29, 1.82) is 0 Å². The van der Waals surface area contributed by atoms with Gasteiger partial charge in [0.25, 0.3) is 0 Å². The molecule has 3 N–H and O–H groups in total. The van der Waals surface area contributed by atoms with Gasteiger partial charge in [-0.2, -0.15) is 0 Å². The zero-order valence-electron chi connectivity index (χ0n) is 16.4. The third-order valence-electron chi connectivity index (χ3n) is 3.54. The fraction of sp³-hybridized carbons (Fsp3) is 0.444. The number of hydrogen-bond donors (Lipinski definition) is 3. The number of nitrogens with one attached hydrogen (secondary N) is 3. The van der Waals surface area contributed by atoms with Gasteiger partial charge in [-0.15, -0.1) is 0 Å². The Kier molecular flexibility index (Phi) is 6.55. The maximum atomic E-state index is 12.2. The van der Waals surface area contributed by atoms with Gasteiger partial charge in [-0.3, -0.25) is 9.52 Å². The van der Waals surface area contributed by atoms with Gasteiger partial charge < -0.3 is 19.9 Å². The van der Waals surface area contributed by atoms with E-state index < -0.39 is 21.7 Å². The number of fused-ring (bicyclic) bond motifs is 1. The first-order valence-corrected chi connectivity index (χ1v) is 10.6. The molecular weight excluding hydrogens is 384 g/mol. The maximum absolute atomic E-state index is 12.2. The summed E-state index contributed by atoms with van der Waals surface area (Å²) in [5.41, 5.74) is 0.615. The molecule has 0 spiro atoms. The molecule has 1 aromatic carbocycles. The van der Waals surface area contributed by atoms with Crippen molar-refractivity contribution >= 4 is 38.6 Å². The zero-order chi connectivity index (χ0) is 20.9. The Balaban J connectivity index is 1.90. The number of aromatic nitrogens is 1. The largest absolute Gasteiger partial charge is 0.444 e. The number of hydrogen-bond acceptors (Lipinski definition) is 5. The lowest BCUT2D eigenvalue weighted by molar-refractivity contribution is -0.121. The van der Waals surface area contributed by atoms with Crippen LogP contribution in [0.25, 0.3) is 10.9 Å². The van der Waals surface area contributed by atoms with E-state index in [0.717, 1.165) is 11.8 Å². The van der Waals surface area contributed by atoms with Gasteiger partial charge >= 0.3 is 6.09 Å². The third kappa shape index (κ3) is 6.76. The van der Waals surface area contributed by atoms with E-state index in [9.17, 15) is 18.0 Å². The molecule has 0 unspecified atom stereocenters. The molecule has 9 nitrogen and oxygen atoms in total. The lowest BCUT2D eigenvalue weighted by Crippen LogP contribution is -2.38. The summed E-state index contributed by atoms with van der Waals surface area (Å²) in [4.78, 5) is 23.7. The molecule has 1 aromatic heterocycles. The molecule has 10 heteroatoms. The predicted molar refractivity (Wildman–Crippen MR) is 108 cm³/mol. The van der Waals surface area contributed by atoms with Crippen LogP contribution in [0.4, 0.5) is 10.5 Å². The van der Waals surface area contributed by atoms with Gasteiger partial charge in [0.15, 0.2) is 0 Å². The Hall–Kier alpha value is -2.75. The molecule has 0 aliphatic rings. The molecule has 2 rings (SSSR count). The summed E-state index contributed by atoms with van der Waals surface area (Å²) in [6.45, 7) is 5.89. The van der Waals surface area contributed by atoms with Crippen LogP contribution in [0.5, 0.6) is 0 Å². The minimum absolute atomic E-state index is 0.0677. The van der Waals surface area contributed by atoms with Gasteiger partial charge in [0.2, 0.25) is 15.9 Å². The highest BCUT2D eigenvalue weighted by atomic mass is 32.2. The smallest absolute Gasteiger partial charge is 0.407 e. The molecule has 2 amide bonds. The number of carbonyl (C=O) groups is 2. The summed E-state index contributed by atoms with van der Waals surface area (Å²) in [5.74, 6) is -0.232. The van der Waals surface area contributed by atoms with Crippen LogP contribution >= 0.6 is 0 Å². The summed E-state index contributed by atoms with van der Waals surface area (Å²) in [7, 11) is -3.40. The minimum Gasteiger partial charge on any atom is -0.444 e. The van der Waals surface area contributed by atoms with E-state index in [0.29, 0.717) is 11.1 Å². The lowest BCUT2D eigenvalue weighted by Gasteiger charge is -2.19. The van der Waals surface area contributed by atoms with Crippen molar-refractivity contribution in [3.8, 4) is 0 Å². The van der Waals surface area contributed by atoms with Crippen LogP contribution in [0.15, 0.2) is 30.5 Å². The molecule has 0 aliphatic carbocycles. The van der Waals surface area contributed by atoms with E-state index in [-0.39, 0.29) is 25.5 Å². The van der Waals surface area contributed by atoms with Crippen LogP contribution in [0.3, 0.4) is 0 Å². The van der Waals surface area contributed by atoms with E-state index in [2.05, 4.69) is 15.4 Å². The van der Waals surface area contributed by atoms with Crippen LogP contribution in [0, 0.1) is 0 Å². The molecule has 0 radical (unpaired) electrons. The molecule has 28 heavy (non-hydrogen) atoms. The van der Waals surface area contributed by atoms with Gasteiger partial charge in [0, 0.05) is 24.7 Å². The molecule has 0 saturated heterocycles. The molecule has 0 atom stereocenters. The lowest BCUT2D eigenvalue weighted by atomic mass is 10.2. The normalized spacial score (nSPS) is 11.9. The summed E-state index contributed by atoms with van der Waals surface area (Å²) < 4.78 is 32.3. The first-order valence-electron chi connectivity index (χ1n) is 8.74. The average Bonchev–Trinajstić information content (AvgIpc) is 2.93.